The van der Waals surface area contributed by atoms with Crippen LogP contribution in [0.2, 0.25) is 0 Å². The van der Waals surface area contributed by atoms with E-state index in [1.165, 1.54) is 92.6 Å². The molecule has 2 aliphatic rings. The molecule has 11 rings (SSSR count). The van der Waals surface area contributed by atoms with Crippen LogP contribution in [0.4, 0.5) is 17.1 Å². The highest BCUT2D eigenvalue weighted by atomic mass is 32.1. The van der Waals surface area contributed by atoms with Crippen molar-refractivity contribution in [3.05, 3.63) is 198 Å². The zero-order valence-corrected chi connectivity index (χ0v) is 32.9. The quantitative estimate of drug-likeness (QED) is 0.170. The lowest BCUT2D eigenvalue weighted by Crippen LogP contribution is -2.16. The van der Waals surface area contributed by atoms with Crippen molar-refractivity contribution in [3.8, 4) is 44.5 Å². The van der Waals surface area contributed by atoms with Crippen LogP contribution in [-0.2, 0) is 10.8 Å². The molecular weight excluding hydrogens is 695 g/mol. The molecule has 0 bridgehead atoms. The number of nitrogens with zero attached hydrogens (tertiary/aromatic N) is 1. The summed E-state index contributed by atoms with van der Waals surface area (Å²) < 4.78 is 2.66. The molecule has 0 radical (unpaired) electrons. The molecule has 0 saturated carbocycles. The Balaban J connectivity index is 1.08. The van der Waals surface area contributed by atoms with E-state index in [-0.39, 0.29) is 10.8 Å². The van der Waals surface area contributed by atoms with Crippen LogP contribution in [-0.4, -0.2) is 0 Å². The lowest BCUT2D eigenvalue weighted by Gasteiger charge is -2.30. The molecule has 1 aromatic heterocycles. The van der Waals surface area contributed by atoms with Gasteiger partial charge in [0, 0.05) is 47.9 Å². The van der Waals surface area contributed by atoms with Gasteiger partial charge in [0.1, 0.15) is 0 Å². The van der Waals surface area contributed by atoms with Crippen molar-refractivity contribution in [3.63, 3.8) is 0 Å². The fourth-order valence-corrected chi connectivity index (χ4v) is 11.0. The van der Waals surface area contributed by atoms with Gasteiger partial charge in [-0.05, 0) is 110 Å². The van der Waals surface area contributed by atoms with E-state index in [0.717, 1.165) is 11.4 Å². The van der Waals surface area contributed by atoms with Gasteiger partial charge in [-0.25, -0.2) is 0 Å². The highest BCUT2D eigenvalue weighted by Gasteiger charge is 2.39. The number of hydrogen-bond acceptors (Lipinski definition) is 2. The summed E-state index contributed by atoms with van der Waals surface area (Å²) in [5.74, 6) is 0. The minimum absolute atomic E-state index is 0.102. The second kappa shape index (κ2) is 12.1. The van der Waals surface area contributed by atoms with E-state index in [1.807, 2.05) is 11.3 Å². The first-order valence-corrected chi connectivity index (χ1v) is 20.5. The molecule has 0 unspecified atom stereocenters. The number of rotatable bonds is 5. The SMILES string of the molecule is CC1(C)c2ccccc2-c2c(N(c3ccc(-c4ccc5sc6ccccc6c5c4)cc3)c3cccc(-c4cccc5c4C(C)(C)c4ccccc4-5)c3)cccc21. The van der Waals surface area contributed by atoms with E-state index in [2.05, 4.69) is 209 Å². The van der Waals surface area contributed by atoms with Crippen LogP contribution in [0, 0.1) is 0 Å². The Kier molecular flexibility index (Phi) is 7.18. The normalized spacial score (nSPS) is 14.4. The van der Waals surface area contributed by atoms with Crippen LogP contribution in [0.15, 0.2) is 176 Å². The van der Waals surface area contributed by atoms with Gasteiger partial charge in [0.2, 0.25) is 0 Å². The molecule has 56 heavy (non-hydrogen) atoms. The summed E-state index contributed by atoms with van der Waals surface area (Å²) in [5, 5.41) is 2.65. The molecule has 0 atom stereocenters. The summed E-state index contributed by atoms with van der Waals surface area (Å²) in [4.78, 5) is 2.49. The van der Waals surface area contributed by atoms with Gasteiger partial charge in [0.25, 0.3) is 0 Å². The summed E-state index contributed by atoms with van der Waals surface area (Å²) in [6.07, 6.45) is 0. The maximum absolute atomic E-state index is 2.49. The Morgan fingerprint density at radius 2 is 1.02 bits per heavy atom. The minimum Gasteiger partial charge on any atom is -0.310 e. The first-order valence-electron chi connectivity index (χ1n) is 19.7. The zero-order valence-electron chi connectivity index (χ0n) is 32.1. The third kappa shape index (κ3) is 4.79. The molecule has 0 aliphatic heterocycles. The zero-order chi connectivity index (χ0) is 37.8. The third-order valence-electron chi connectivity index (χ3n) is 12.7. The van der Waals surface area contributed by atoms with Crippen LogP contribution in [0.3, 0.4) is 0 Å². The highest BCUT2D eigenvalue weighted by Crippen LogP contribution is 2.55. The molecule has 0 spiro atoms. The molecule has 0 N–H and O–H groups in total. The van der Waals surface area contributed by atoms with Crippen molar-refractivity contribution in [1.29, 1.82) is 0 Å². The summed E-state index contributed by atoms with van der Waals surface area (Å²) in [6.45, 7) is 9.49. The third-order valence-corrected chi connectivity index (χ3v) is 13.8. The summed E-state index contributed by atoms with van der Waals surface area (Å²) >= 11 is 1.87. The Morgan fingerprint density at radius 1 is 0.393 bits per heavy atom. The summed E-state index contributed by atoms with van der Waals surface area (Å²) in [6, 6.07) is 65.7. The van der Waals surface area contributed by atoms with Gasteiger partial charge in [0.05, 0.1) is 5.69 Å². The van der Waals surface area contributed by atoms with Gasteiger partial charge >= 0.3 is 0 Å². The molecule has 268 valence electrons. The van der Waals surface area contributed by atoms with Gasteiger partial charge in [-0.2, -0.15) is 0 Å². The lowest BCUT2D eigenvalue weighted by atomic mass is 9.79. The molecule has 0 amide bonds. The molecule has 1 heterocycles. The van der Waals surface area contributed by atoms with Crippen molar-refractivity contribution in [2.45, 2.75) is 38.5 Å². The van der Waals surface area contributed by atoms with E-state index in [1.54, 1.807) is 0 Å². The van der Waals surface area contributed by atoms with E-state index in [4.69, 9.17) is 0 Å². The van der Waals surface area contributed by atoms with Gasteiger partial charge in [-0.3, -0.25) is 0 Å². The van der Waals surface area contributed by atoms with Crippen LogP contribution in [0.25, 0.3) is 64.7 Å². The Hall–Kier alpha value is -6.22. The molecule has 0 saturated heterocycles. The van der Waals surface area contributed by atoms with Crippen LogP contribution in [0.1, 0.15) is 49.9 Å². The average molecular weight is 736 g/mol. The number of hydrogen-bond donors (Lipinski definition) is 0. The molecule has 0 fully saturated rings. The second-order valence-electron chi connectivity index (χ2n) is 16.5. The first-order chi connectivity index (χ1) is 27.3. The topological polar surface area (TPSA) is 3.24 Å². The van der Waals surface area contributed by atoms with Crippen molar-refractivity contribution >= 4 is 48.6 Å². The van der Waals surface area contributed by atoms with Crippen LogP contribution in [0.5, 0.6) is 0 Å². The van der Waals surface area contributed by atoms with Crippen LogP contribution < -0.4 is 4.90 Å². The maximum atomic E-state index is 2.49. The predicted octanol–water partition coefficient (Wildman–Crippen LogP) is 15.5. The monoisotopic (exact) mass is 735 g/mol. The number of benzene rings is 8. The minimum atomic E-state index is -0.109. The lowest BCUT2D eigenvalue weighted by molar-refractivity contribution is 0.660. The van der Waals surface area contributed by atoms with Crippen molar-refractivity contribution < 1.29 is 0 Å². The molecule has 8 aromatic carbocycles. The molecule has 1 nitrogen and oxygen atoms in total. The number of thiophene rings is 1. The van der Waals surface area contributed by atoms with Gasteiger partial charge in [-0.1, -0.05) is 155 Å². The smallest absolute Gasteiger partial charge is 0.0543 e. The second-order valence-corrected chi connectivity index (χ2v) is 17.6. The first kappa shape index (κ1) is 33.1. The van der Waals surface area contributed by atoms with Crippen molar-refractivity contribution in [1.82, 2.24) is 0 Å². The predicted molar refractivity (Wildman–Crippen MR) is 240 cm³/mol. The number of fused-ring (bicyclic) bond motifs is 9. The summed E-state index contributed by atoms with van der Waals surface area (Å²) in [5.41, 5.74) is 19.1. The van der Waals surface area contributed by atoms with Gasteiger partial charge in [0.15, 0.2) is 0 Å². The Morgan fingerprint density at radius 3 is 1.86 bits per heavy atom. The Labute approximate surface area is 333 Å². The van der Waals surface area contributed by atoms with Gasteiger partial charge < -0.3 is 4.90 Å². The average Bonchev–Trinajstić information content (AvgIpc) is 3.81. The highest BCUT2D eigenvalue weighted by molar-refractivity contribution is 7.25. The maximum Gasteiger partial charge on any atom is 0.0543 e. The summed E-state index contributed by atoms with van der Waals surface area (Å²) in [7, 11) is 0. The largest absolute Gasteiger partial charge is 0.310 e. The van der Waals surface area contributed by atoms with E-state index in [0.29, 0.717) is 0 Å². The standard InChI is InChI=1S/C54H41NS/c1-53(2)46-22-9-6-18-43(46)51-47(53)23-13-24-48(51)55(37-29-26-34(27-30-37)35-28-31-50-44(33-35)41-17-7-10-25-49(41)56-50)38-15-11-14-36(32-38)39-19-12-20-42-40-16-5-8-21-45(40)54(3,4)52(39)42/h5-33H,1-4H3. The Bertz CT molecular complexity index is 3030. The molecular formula is C54H41NS. The number of anilines is 3. The van der Waals surface area contributed by atoms with E-state index in [9.17, 15) is 0 Å². The molecule has 2 heteroatoms. The van der Waals surface area contributed by atoms with Crippen molar-refractivity contribution in [2.24, 2.45) is 0 Å². The molecule has 2 aliphatic carbocycles. The van der Waals surface area contributed by atoms with Crippen LogP contribution >= 0.6 is 11.3 Å². The molecule has 9 aromatic rings. The van der Waals surface area contributed by atoms with E-state index < -0.39 is 0 Å². The van der Waals surface area contributed by atoms with Gasteiger partial charge in [-0.15, -0.1) is 11.3 Å². The van der Waals surface area contributed by atoms with Crippen molar-refractivity contribution in [2.75, 3.05) is 4.90 Å². The van der Waals surface area contributed by atoms with E-state index >= 15 is 0 Å². The fraction of sp³-hybridized carbons (Fsp3) is 0.111. The fourth-order valence-electron chi connectivity index (χ4n) is 9.96.